The Hall–Kier alpha value is -2.88. The number of aromatic nitrogens is 2. The second-order valence-corrected chi connectivity index (χ2v) is 6.40. The van der Waals surface area contributed by atoms with Gasteiger partial charge in [-0.25, -0.2) is 4.39 Å². The number of rotatable bonds is 9. The van der Waals surface area contributed by atoms with Crippen LogP contribution in [0.15, 0.2) is 24.3 Å². The number of aryl methyl sites for hydroxylation is 2. The summed E-state index contributed by atoms with van der Waals surface area (Å²) in [6, 6.07) is 7.92. The highest BCUT2D eigenvalue weighted by atomic mass is 19.1. The molecule has 0 radical (unpaired) electrons. The van der Waals surface area contributed by atoms with Crippen LogP contribution in [0.4, 0.5) is 4.39 Å². The van der Waals surface area contributed by atoms with Crippen LogP contribution in [0.3, 0.4) is 0 Å². The van der Waals surface area contributed by atoms with E-state index in [-0.39, 0.29) is 11.7 Å². The third-order valence-corrected chi connectivity index (χ3v) is 4.49. The van der Waals surface area contributed by atoms with E-state index in [0.29, 0.717) is 44.7 Å². The minimum absolute atomic E-state index is 0.0290. The van der Waals surface area contributed by atoms with Gasteiger partial charge >= 0.3 is 0 Å². The number of hydrogen-bond donors (Lipinski definition) is 0. The Balaban J connectivity index is 1.80. The van der Waals surface area contributed by atoms with Gasteiger partial charge in [-0.1, -0.05) is 0 Å². The largest absolute Gasteiger partial charge is 0.492 e. The lowest BCUT2D eigenvalue weighted by Crippen LogP contribution is -2.31. The summed E-state index contributed by atoms with van der Waals surface area (Å²) in [7, 11) is 1.74. The van der Waals surface area contributed by atoms with E-state index in [1.165, 1.54) is 12.1 Å². The zero-order chi connectivity index (χ0) is 19.8. The quantitative estimate of drug-likeness (QED) is 0.678. The SMILES string of the molecule is Cc1nn(CCC#N)c(C)c1CCC(=O)N(C)CCOc1ccc(F)cc1. The second kappa shape index (κ2) is 9.72. The maximum absolute atomic E-state index is 12.9. The topological polar surface area (TPSA) is 71.2 Å². The molecular weight excluding hydrogens is 347 g/mol. The number of halogens is 1. The van der Waals surface area contributed by atoms with E-state index in [9.17, 15) is 9.18 Å². The van der Waals surface area contributed by atoms with Gasteiger partial charge < -0.3 is 9.64 Å². The van der Waals surface area contributed by atoms with E-state index in [0.717, 1.165) is 17.0 Å². The van der Waals surface area contributed by atoms with E-state index < -0.39 is 0 Å². The molecule has 0 spiro atoms. The maximum atomic E-state index is 12.9. The highest BCUT2D eigenvalue weighted by Crippen LogP contribution is 2.16. The van der Waals surface area contributed by atoms with Crippen molar-refractivity contribution in [3.63, 3.8) is 0 Å². The van der Waals surface area contributed by atoms with Crippen LogP contribution in [-0.2, 0) is 17.8 Å². The van der Waals surface area contributed by atoms with E-state index >= 15 is 0 Å². The van der Waals surface area contributed by atoms with Gasteiger partial charge in [-0.2, -0.15) is 10.4 Å². The van der Waals surface area contributed by atoms with Crippen LogP contribution in [-0.4, -0.2) is 40.8 Å². The first-order valence-electron chi connectivity index (χ1n) is 8.94. The summed E-state index contributed by atoms with van der Waals surface area (Å²) in [4.78, 5) is 14.0. The fourth-order valence-corrected chi connectivity index (χ4v) is 2.85. The minimum atomic E-state index is -0.309. The van der Waals surface area contributed by atoms with Gasteiger partial charge in [0, 0.05) is 19.2 Å². The molecule has 0 aliphatic carbocycles. The third kappa shape index (κ3) is 5.81. The van der Waals surface area contributed by atoms with Crippen molar-refractivity contribution < 1.29 is 13.9 Å². The van der Waals surface area contributed by atoms with Crippen LogP contribution in [0.25, 0.3) is 0 Å². The van der Waals surface area contributed by atoms with Crippen molar-refractivity contribution in [1.29, 1.82) is 5.26 Å². The van der Waals surface area contributed by atoms with Crippen molar-refractivity contribution in [1.82, 2.24) is 14.7 Å². The van der Waals surface area contributed by atoms with Crippen LogP contribution >= 0.6 is 0 Å². The molecule has 0 unspecified atom stereocenters. The second-order valence-electron chi connectivity index (χ2n) is 6.40. The smallest absolute Gasteiger partial charge is 0.222 e. The van der Waals surface area contributed by atoms with Gasteiger partial charge in [0.1, 0.15) is 18.2 Å². The van der Waals surface area contributed by atoms with Crippen molar-refractivity contribution >= 4 is 5.91 Å². The summed E-state index contributed by atoms with van der Waals surface area (Å²) in [5.41, 5.74) is 2.98. The zero-order valence-corrected chi connectivity index (χ0v) is 16.0. The molecule has 0 saturated heterocycles. The fraction of sp³-hybridized carbons (Fsp3) is 0.450. The molecule has 1 aromatic carbocycles. The number of carbonyl (C=O) groups is 1. The van der Waals surface area contributed by atoms with Crippen molar-refractivity contribution in [2.45, 2.75) is 39.7 Å². The predicted molar refractivity (Wildman–Crippen MR) is 99.8 cm³/mol. The zero-order valence-electron chi connectivity index (χ0n) is 16.0. The number of nitriles is 1. The Morgan fingerprint density at radius 2 is 2.04 bits per heavy atom. The highest BCUT2D eigenvalue weighted by molar-refractivity contribution is 5.76. The fourth-order valence-electron chi connectivity index (χ4n) is 2.85. The molecule has 0 N–H and O–H groups in total. The van der Waals surface area contributed by atoms with Crippen molar-refractivity contribution in [3.8, 4) is 11.8 Å². The number of likely N-dealkylation sites (N-methyl/N-ethyl adjacent to an activating group) is 1. The molecule has 0 atom stereocenters. The molecule has 0 aliphatic rings. The Labute approximate surface area is 159 Å². The molecular formula is C20H25FN4O2. The minimum Gasteiger partial charge on any atom is -0.492 e. The number of ether oxygens (including phenoxy) is 1. The molecule has 0 fully saturated rings. The lowest BCUT2D eigenvalue weighted by Gasteiger charge is -2.17. The highest BCUT2D eigenvalue weighted by Gasteiger charge is 2.15. The maximum Gasteiger partial charge on any atom is 0.222 e. The van der Waals surface area contributed by atoms with Gasteiger partial charge in [0.25, 0.3) is 0 Å². The Morgan fingerprint density at radius 3 is 2.70 bits per heavy atom. The van der Waals surface area contributed by atoms with Gasteiger partial charge in [0.15, 0.2) is 0 Å². The average Bonchev–Trinajstić information content (AvgIpc) is 2.92. The summed E-state index contributed by atoms with van der Waals surface area (Å²) in [6.07, 6.45) is 1.42. The van der Waals surface area contributed by atoms with Crippen LogP contribution in [0.1, 0.15) is 29.8 Å². The van der Waals surface area contributed by atoms with E-state index in [2.05, 4.69) is 11.2 Å². The Morgan fingerprint density at radius 1 is 1.33 bits per heavy atom. The van der Waals surface area contributed by atoms with E-state index in [1.54, 1.807) is 24.1 Å². The summed E-state index contributed by atoms with van der Waals surface area (Å²) in [6.45, 7) is 5.26. The molecule has 2 aromatic rings. The Bertz CT molecular complexity index is 809. The molecule has 0 bridgehead atoms. The molecule has 7 heteroatoms. The monoisotopic (exact) mass is 372 g/mol. The van der Waals surface area contributed by atoms with Crippen LogP contribution in [0, 0.1) is 31.0 Å². The molecule has 1 aromatic heterocycles. The van der Waals surface area contributed by atoms with Crippen molar-refractivity contribution in [3.05, 3.63) is 47.0 Å². The molecule has 2 rings (SSSR count). The first kappa shape index (κ1) is 20.4. The number of hydrogen-bond acceptors (Lipinski definition) is 4. The van der Waals surface area contributed by atoms with Crippen LogP contribution in [0.2, 0.25) is 0 Å². The van der Waals surface area contributed by atoms with Gasteiger partial charge in [0.2, 0.25) is 5.91 Å². The van der Waals surface area contributed by atoms with Gasteiger partial charge in [0.05, 0.1) is 31.3 Å². The van der Waals surface area contributed by atoms with Crippen molar-refractivity contribution in [2.75, 3.05) is 20.2 Å². The lowest BCUT2D eigenvalue weighted by molar-refractivity contribution is -0.130. The molecule has 27 heavy (non-hydrogen) atoms. The first-order valence-corrected chi connectivity index (χ1v) is 8.94. The Kier molecular flexibility index (Phi) is 7.35. The molecule has 0 saturated carbocycles. The summed E-state index contributed by atoms with van der Waals surface area (Å²) in [5.74, 6) is 0.297. The summed E-state index contributed by atoms with van der Waals surface area (Å²) in [5, 5.41) is 13.2. The normalized spacial score (nSPS) is 10.5. The number of amides is 1. The molecule has 1 heterocycles. The average molecular weight is 372 g/mol. The molecule has 144 valence electrons. The number of benzene rings is 1. The molecule has 0 aliphatic heterocycles. The lowest BCUT2D eigenvalue weighted by atomic mass is 10.1. The number of nitrogens with zero attached hydrogens (tertiary/aromatic N) is 4. The molecule has 1 amide bonds. The van der Waals surface area contributed by atoms with Crippen molar-refractivity contribution in [2.24, 2.45) is 0 Å². The molecule has 6 nitrogen and oxygen atoms in total. The van der Waals surface area contributed by atoms with Gasteiger partial charge in [-0.15, -0.1) is 0 Å². The summed E-state index contributed by atoms with van der Waals surface area (Å²) < 4.78 is 20.2. The first-order chi connectivity index (χ1) is 12.9. The van der Waals surface area contributed by atoms with Gasteiger partial charge in [-0.05, 0) is 50.1 Å². The number of carbonyl (C=O) groups excluding carboxylic acids is 1. The van der Waals surface area contributed by atoms with E-state index in [1.807, 2.05) is 18.5 Å². The van der Waals surface area contributed by atoms with Crippen LogP contribution < -0.4 is 4.74 Å². The standard InChI is InChI=1S/C20H25FN4O2/c1-15-19(16(2)25(23-15)12-4-11-22)9-10-20(26)24(3)13-14-27-18-7-5-17(21)6-8-18/h5-8H,4,9-10,12-14H2,1-3H3. The van der Waals surface area contributed by atoms with Gasteiger partial charge in [-0.3, -0.25) is 9.48 Å². The van der Waals surface area contributed by atoms with Crippen LogP contribution in [0.5, 0.6) is 5.75 Å². The third-order valence-electron chi connectivity index (χ3n) is 4.49. The summed E-state index contributed by atoms with van der Waals surface area (Å²) >= 11 is 0. The predicted octanol–water partition coefficient (Wildman–Crippen LogP) is 3.02. The van der Waals surface area contributed by atoms with E-state index in [4.69, 9.17) is 10.00 Å².